The van der Waals surface area contributed by atoms with Crippen molar-refractivity contribution in [1.82, 2.24) is 16.0 Å². The summed E-state index contributed by atoms with van der Waals surface area (Å²) in [5.74, 6) is 0.660. The van der Waals surface area contributed by atoms with Gasteiger partial charge in [0.1, 0.15) is 5.60 Å². The van der Waals surface area contributed by atoms with Gasteiger partial charge in [-0.1, -0.05) is 24.3 Å². The van der Waals surface area contributed by atoms with Crippen LogP contribution in [0.5, 0.6) is 0 Å². The van der Waals surface area contributed by atoms with Crippen LogP contribution in [0.4, 0.5) is 4.79 Å². The van der Waals surface area contributed by atoms with Crippen molar-refractivity contribution in [3.05, 3.63) is 35.4 Å². The fourth-order valence-electron chi connectivity index (χ4n) is 2.43. The molecule has 7 nitrogen and oxygen atoms in total. The third-order valence-corrected chi connectivity index (χ3v) is 3.80. The highest BCUT2D eigenvalue weighted by molar-refractivity contribution is 5.79. The molecule has 1 aromatic rings. The van der Waals surface area contributed by atoms with Gasteiger partial charge < -0.3 is 25.4 Å². The highest BCUT2D eigenvalue weighted by Gasteiger charge is 2.24. The Labute approximate surface area is 175 Å². The summed E-state index contributed by atoms with van der Waals surface area (Å²) in [6.45, 7) is 15.2. The lowest BCUT2D eigenvalue weighted by Gasteiger charge is -2.29. The molecule has 0 fully saturated rings. The van der Waals surface area contributed by atoms with E-state index in [-0.39, 0.29) is 6.10 Å². The molecule has 0 aliphatic carbocycles. The maximum Gasteiger partial charge on any atom is 0.408 e. The lowest BCUT2D eigenvalue weighted by molar-refractivity contribution is 0.0474. The molecular formula is C22H38N4O3. The van der Waals surface area contributed by atoms with E-state index < -0.39 is 17.2 Å². The third-order valence-electron chi connectivity index (χ3n) is 3.80. The van der Waals surface area contributed by atoms with E-state index in [0.717, 1.165) is 11.1 Å². The molecule has 0 saturated carbocycles. The Bertz CT molecular complexity index is 679. The van der Waals surface area contributed by atoms with E-state index in [1.165, 1.54) is 0 Å². The SMILES string of the molecule is CN=C(NCc1cccc(COC(C)C)c1)NCC(C)(C)NC(=O)OC(C)(C)C. The average molecular weight is 407 g/mol. The fourth-order valence-corrected chi connectivity index (χ4v) is 2.43. The van der Waals surface area contributed by atoms with E-state index in [1.54, 1.807) is 7.05 Å². The van der Waals surface area contributed by atoms with Crippen molar-refractivity contribution in [2.24, 2.45) is 4.99 Å². The van der Waals surface area contributed by atoms with Crippen LogP contribution in [0.1, 0.15) is 59.6 Å². The number of carbonyl (C=O) groups is 1. The number of ether oxygens (including phenoxy) is 2. The predicted octanol–water partition coefficient (Wildman–Crippen LogP) is 3.58. The molecule has 1 amide bonds. The summed E-state index contributed by atoms with van der Waals surface area (Å²) in [6, 6.07) is 8.27. The summed E-state index contributed by atoms with van der Waals surface area (Å²) in [4.78, 5) is 16.3. The van der Waals surface area contributed by atoms with Crippen LogP contribution in [0.15, 0.2) is 29.3 Å². The summed E-state index contributed by atoms with van der Waals surface area (Å²) >= 11 is 0. The van der Waals surface area contributed by atoms with Crippen molar-refractivity contribution in [1.29, 1.82) is 0 Å². The van der Waals surface area contributed by atoms with Crippen molar-refractivity contribution in [2.75, 3.05) is 13.6 Å². The monoisotopic (exact) mass is 406 g/mol. The number of carbonyl (C=O) groups excluding carboxylic acids is 1. The van der Waals surface area contributed by atoms with E-state index >= 15 is 0 Å². The van der Waals surface area contributed by atoms with Gasteiger partial charge in [-0.15, -0.1) is 0 Å². The summed E-state index contributed by atoms with van der Waals surface area (Å²) in [6.07, 6.45) is -0.231. The maximum absolute atomic E-state index is 12.0. The van der Waals surface area contributed by atoms with E-state index in [2.05, 4.69) is 39.1 Å². The molecule has 0 saturated heterocycles. The van der Waals surface area contributed by atoms with Gasteiger partial charge in [-0.3, -0.25) is 4.99 Å². The van der Waals surface area contributed by atoms with Gasteiger partial charge >= 0.3 is 6.09 Å². The smallest absolute Gasteiger partial charge is 0.408 e. The predicted molar refractivity (Wildman–Crippen MR) is 118 cm³/mol. The van der Waals surface area contributed by atoms with Crippen molar-refractivity contribution in [3.63, 3.8) is 0 Å². The first-order valence-corrected chi connectivity index (χ1v) is 10.1. The van der Waals surface area contributed by atoms with Gasteiger partial charge in [-0.05, 0) is 59.6 Å². The van der Waals surface area contributed by atoms with Crippen molar-refractivity contribution in [3.8, 4) is 0 Å². The molecule has 0 aliphatic heterocycles. The minimum absolute atomic E-state index is 0.206. The Kier molecular flexibility index (Phi) is 9.43. The number of nitrogens with one attached hydrogen (secondary N) is 3. The van der Waals surface area contributed by atoms with Crippen molar-refractivity contribution in [2.45, 2.75) is 78.9 Å². The van der Waals surface area contributed by atoms with Gasteiger partial charge in [-0.25, -0.2) is 4.79 Å². The van der Waals surface area contributed by atoms with E-state index in [1.807, 2.05) is 54.5 Å². The van der Waals surface area contributed by atoms with Crippen LogP contribution >= 0.6 is 0 Å². The summed E-state index contributed by atoms with van der Waals surface area (Å²) in [5, 5.41) is 9.42. The topological polar surface area (TPSA) is 84.0 Å². The zero-order chi connectivity index (χ0) is 22.1. The van der Waals surface area contributed by atoms with E-state index in [0.29, 0.717) is 25.7 Å². The summed E-state index contributed by atoms with van der Waals surface area (Å²) < 4.78 is 11.0. The lowest BCUT2D eigenvalue weighted by Crippen LogP contribution is -2.54. The fraction of sp³-hybridized carbons (Fsp3) is 0.636. The lowest BCUT2D eigenvalue weighted by atomic mass is 10.1. The number of rotatable bonds is 8. The van der Waals surface area contributed by atoms with Gasteiger partial charge in [0.2, 0.25) is 0 Å². The molecule has 0 aromatic heterocycles. The molecule has 164 valence electrons. The molecule has 0 bridgehead atoms. The molecule has 1 aromatic carbocycles. The molecule has 1 rings (SSSR count). The van der Waals surface area contributed by atoms with Crippen LogP contribution < -0.4 is 16.0 Å². The zero-order valence-electron chi connectivity index (χ0n) is 19.2. The van der Waals surface area contributed by atoms with Gasteiger partial charge in [0, 0.05) is 20.1 Å². The molecule has 0 unspecified atom stereocenters. The first-order chi connectivity index (χ1) is 13.4. The molecule has 0 atom stereocenters. The average Bonchev–Trinajstić information content (AvgIpc) is 2.58. The molecule has 29 heavy (non-hydrogen) atoms. The van der Waals surface area contributed by atoms with Crippen molar-refractivity contribution < 1.29 is 14.3 Å². The quantitative estimate of drug-likeness (QED) is 0.454. The minimum atomic E-state index is -0.528. The Morgan fingerprint density at radius 2 is 1.76 bits per heavy atom. The molecule has 3 N–H and O–H groups in total. The van der Waals surface area contributed by atoms with E-state index in [9.17, 15) is 4.79 Å². The molecule has 0 radical (unpaired) electrons. The molecule has 0 spiro atoms. The second kappa shape index (κ2) is 11.0. The Morgan fingerprint density at radius 1 is 1.10 bits per heavy atom. The van der Waals surface area contributed by atoms with Crippen LogP contribution in [-0.4, -0.2) is 42.9 Å². The minimum Gasteiger partial charge on any atom is -0.444 e. The van der Waals surface area contributed by atoms with Crippen LogP contribution in [0.2, 0.25) is 0 Å². The number of benzene rings is 1. The third kappa shape index (κ3) is 11.3. The van der Waals surface area contributed by atoms with Crippen LogP contribution in [0.25, 0.3) is 0 Å². The number of hydrogen-bond donors (Lipinski definition) is 3. The first kappa shape index (κ1) is 24.8. The summed E-state index contributed by atoms with van der Waals surface area (Å²) in [5.41, 5.74) is 1.25. The maximum atomic E-state index is 12.0. The standard InChI is InChI=1S/C22H38N4O3/c1-16(2)28-14-18-11-9-10-17(12-18)13-24-19(23-8)25-15-22(6,7)26-20(27)29-21(3,4)5/h9-12,16H,13-15H2,1-8H3,(H,26,27)(H2,23,24,25). The number of guanidine groups is 1. The Balaban J connectivity index is 2.52. The first-order valence-electron chi connectivity index (χ1n) is 10.1. The number of aliphatic imine (C=N–C) groups is 1. The summed E-state index contributed by atoms with van der Waals surface area (Å²) in [7, 11) is 1.72. The van der Waals surface area contributed by atoms with E-state index in [4.69, 9.17) is 9.47 Å². The second-order valence-corrected chi connectivity index (χ2v) is 8.97. The number of nitrogens with zero attached hydrogens (tertiary/aromatic N) is 1. The van der Waals surface area contributed by atoms with Crippen LogP contribution in [-0.2, 0) is 22.6 Å². The largest absolute Gasteiger partial charge is 0.444 e. The van der Waals surface area contributed by atoms with Gasteiger partial charge in [0.05, 0.1) is 18.2 Å². The zero-order valence-corrected chi connectivity index (χ0v) is 19.2. The number of amides is 1. The Hall–Kier alpha value is -2.28. The molecule has 7 heteroatoms. The van der Waals surface area contributed by atoms with Gasteiger partial charge in [-0.2, -0.15) is 0 Å². The second-order valence-electron chi connectivity index (χ2n) is 8.97. The van der Waals surface area contributed by atoms with Gasteiger partial charge in [0.25, 0.3) is 0 Å². The molecular weight excluding hydrogens is 368 g/mol. The Morgan fingerprint density at radius 3 is 2.34 bits per heavy atom. The normalized spacial score (nSPS) is 12.7. The van der Waals surface area contributed by atoms with Gasteiger partial charge in [0.15, 0.2) is 5.96 Å². The highest BCUT2D eigenvalue weighted by Crippen LogP contribution is 2.10. The van der Waals surface area contributed by atoms with Crippen LogP contribution in [0, 0.1) is 0 Å². The highest BCUT2D eigenvalue weighted by atomic mass is 16.6. The van der Waals surface area contributed by atoms with Crippen LogP contribution in [0.3, 0.4) is 0 Å². The molecule has 0 heterocycles. The van der Waals surface area contributed by atoms with Crippen molar-refractivity contribution >= 4 is 12.1 Å². The molecule has 0 aliphatic rings. The number of alkyl carbamates (subject to hydrolysis) is 1. The number of hydrogen-bond acceptors (Lipinski definition) is 4.